The van der Waals surface area contributed by atoms with Crippen LogP contribution in [0.15, 0.2) is 35.0 Å². The Morgan fingerprint density at radius 2 is 2.17 bits per heavy atom. The Kier molecular flexibility index (Phi) is 4.13. The van der Waals surface area contributed by atoms with Crippen LogP contribution in [0.5, 0.6) is 5.75 Å². The van der Waals surface area contributed by atoms with Gasteiger partial charge in [0, 0.05) is 24.5 Å². The molecular formula is C21H27NO2. The van der Waals surface area contributed by atoms with E-state index in [2.05, 4.69) is 43.0 Å². The van der Waals surface area contributed by atoms with E-state index in [4.69, 9.17) is 9.15 Å². The highest BCUT2D eigenvalue weighted by atomic mass is 16.5. The number of hydrogen-bond donors (Lipinski definition) is 0. The second-order valence-electron chi connectivity index (χ2n) is 7.36. The van der Waals surface area contributed by atoms with Crippen molar-refractivity contribution in [2.75, 3.05) is 20.2 Å². The molecule has 0 saturated carbocycles. The number of rotatable bonds is 5. The van der Waals surface area contributed by atoms with Crippen molar-refractivity contribution in [2.24, 2.45) is 11.8 Å². The highest BCUT2D eigenvalue weighted by molar-refractivity contribution is 5.83. The molecule has 0 radical (unpaired) electrons. The lowest BCUT2D eigenvalue weighted by Crippen LogP contribution is -2.50. The molecule has 3 heterocycles. The van der Waals surface area contributed by atoms with Crippen molar-refractivity contribution in [1.82, 2.24) is 4.90 Å². The summed E-state index contributed by atoms with van der Waals surface area (Å²) in [5.74, 6) is 2.53. The van der Waals surface area contributed by atoms with Crippen LogP contribution in [0.25, 0.3) is 11.0 Å². The summed E-state index contributed by atoms with van der Waals surface area (Å²) in [7, 11) is 1.73. The van der Waals surface area contributed by atoms with Crippen LogP contribution in [0.1, 0.15) is 30.9 Å². The summed E-state index contributed by atoms with van der Waals surface area (Å²) in [5.41, 5.74) is 3.38. The number of ether oxygens (including phenoxy) is 1. The van der Waals surface area contributed by atoms with E-state index in [-0.39, 0.29) is 0 Å². The lowest BCUT2D eigenvalue weighted by atomic mass is 9.76. The first-order valence-electron chi connectivity index (χ1n) is 9.16. The lowest BCUT2D eigenvalue weighted by molar-refractivity contribution is 0.0826. The molecule has 5 rings (SSSR count). The number of piperidine rings is 1. The van der Waals surface area contributed by atoms with Gasteiger partial charge in [-0.05, 0) is 54.9 Å². The van der Waals surface area contributed by atoms with E-state index >= 15 is 0 Å². The number of hydrogen-bond acceptors (Lipinski definition) is 3. The van der Waals surface area contributed by atoms with Gasteiger partial charge in [-0.3, -0.25) is 4.90 Å². The van der Waals surface area contributed by atoms with Crippen molar-refractivity contribution >= 4 is 11.0 Å². The van der Waals surface area contributed by atoms with Gasteiger partial charge in [0.25, 0.3) is 0 Å². The molecule has 2 aromatic rings. The van der Waals surface area contributed by atoms with Crippen molar-refractivity contribution in [3.63, 3.8) is 0 Å². The van der Waals surface area contributed by atoms with Gasteiger partial charge in [0.05, 0.1) is 13.4 Å². The van der Waals surface area contributed by atoms with E-state index in [0.29, 0.717) is 6.04 Å². The lowest BCUT2D eigenvalue weighted by Gasteiger charge is -2.46. The number of methoxy groups -OCH3 is 1. The first-order valence-corrected chi connectivity index (χ1v) is 9.16. The van der Waals surface area contributed by atoms with Crippen molar-refractivity contribution in [1.29, 1.82) is 0 Å². The zero-order valence-electron chi connectivity index (χ0n) is 14.9. The van der Waals surface area contributed by atoms with Crippen LogP contribution in [0.4, 0.5) is 0 Å². The maximum atomic E-state index is 5.79. The third-order valence-corrected chi connectivity index (χ3v) is 5.92. The molecule has 0 amide bonds. The molecule has 3 nitrogen and oxygen atoms in total. The van der Waals surface area contributed by atoms with Crippen molar-refractivity contribution in [3.05, 3.63) is 41.7 Å². The smallest absolute Gasteiger partial charge is 0.134 e. The first-order chi connectivity index (χ1) is 11.7. The molecule has 3 unspecified atom stereocenters. The zero-order chi connectivity index (χ0) is 16.7. The van der Waals surface area contributed by atoms with E-state index in [9.17, 15) is 0 Å². The zero-order valence-corrected chi connectivity index (χ0v) is 14.9. The van der Waals surface area contributed by atoms with Crippen LogP contribution < -0.4 is 4.74 Å². The van der Waals surface area contributed by atoms with E-state index < -0.39 is 0 Å². The molecule has 0 N–H and O–H groups in total. The van der Waals surface area contributed by atoms with Crippen molar-refractivity contribution in [3.8, 4) is 5.75 Å². The predicted octanol–water partition coefficient (Wildman–Crippen LogP) is 4.58. The molecule has 1 aliphatic carbocycles. The normalized spacial score (nSPS) is 26.4. The van der Waals surface area contributed by atoms with Gasteiger partial charge in [-0.2, -0.15) is 0 Å². The molecule has 2 aliphatic heterocycles. The highest BCUT2D eigenvalue weighted by Gasteiger charge is 2.35. The summed E-state index contributed by atoms with van der Waals surface area (Å²) in [4.78, 5) is 2.67. The molecule has 1 aromatic heterocycles. The summed E-state index contributed by atoms with van der Waals surface area (Å²) in [6.45, 7) is 6.71. The number of aryl methyl sites for hydroxylation is 1. The van der Waals surface area contributed by atoms with Gasteiger partial charge in [0.2, 0.25) is 0 Å². The average molecular weight is 325 g/mol. The van der Waals surface area contributed by atoms with Crippen molar-refractivity contribution < 1.29 is 9.15 Å². The Morgan fingerprint density at radius 1 is 1.29 bits per heavy atom. The number of benzene rings is 1. The van der Waals surface area contributed by atoms with Gasteiger partial charge < -0.3 is 9.15 Å². The van der Waals surface area contributed by atoms with Crippen LogP contribution >= 0.6 is 0 Å². The fourth-order valence-electron chi connectivity index (χ4n) is 4.55. The van der Waals surface area contributed by atoms with Gasteiger partial charge in [0.15, 0.2) is 0 Å². The Bertz CT molecular complexity index is 761. The summed E-state index contributed by atoms with van der Waals surface area (Å²) in [6, 6.07) is 4.84. The fourth-order valence-corrected chi connectivity index (χ4v) is 4.55. The van der Waals surface area contributed by atoms with Crippen LogP contribution in [0.3, 0.4) is 0 Å². The molecule has 24 heavy (non-hydrogen) atoms. The minimum atomic E-state index is 0.634. The maximum Gasteiger partial charge on any atom is 0.134 e. The number of nitrogens with zero attached hydrogens (tertiary/aromatic N) is 1. The Balaban J connectivity index is 1.52. The molecular weight excluding hydrogens is 298 g/mol. The Labute approximate surface area is 144 Å². The van der Waals surface area contributed by atoms with Gasteiger partial charge in [-0.1, -0.05) is 25.5 Å². The first kappa shape index (κ1) is 15.8. The summed E-state index contributed by atoms with van der Waals surface area (Å²) < 4.78 is 11.3. The second kappa shape index (κ2) is 6.29. The quantitative estimate of drug-likeness (QED) is 0.753. The third kappa shape index (κ3) is 2.65. The van der Waals surface area contributed by atoms with Crippen LogP contribution in [0.2, 0.25) is 0 Å². The van der Waals surface area contributed by atoms with E-state index in [1.165, 1.54) is 30.3 Å². The molecule has 0 spiro atoms. The van der Waals surface area contributed by atoms with Gasteiger partial charge in [0.1, 0.15) is 11.3 Å². The van der Waals surface area contributed by atoms with Crippen molar-refractivity contribution in [2.45, 2.75) is 39.2 Å². The van der Waals surface area contributed by atoms with Crippen LogP contribution in [-0.2, 0) is 6.42 Å². The van der Waals surface area contributed by atoms with Crippen LogP contribution in [0, 0.1) is 18.8 Å². The van der Waals surface area contributed by atoms with E-state index in [0.717, 1.165) is 41.7 Å². The standard InChI is InChI=1S/C21H27NO2/c1-4-16-10-15-5-6-19(16)22(12-15)8-7-17-13-24-21-9-14(2)20(23-3)11-18(17)21/h5-6,9,11,13,15-16,19H,4,7-8,10,12H2,1-3H3. The summed E-state index contributed by atoms with van der Waals surface area (Å²) in [6.07, 6.45) is 10.5. The van der Waals surface area contributed by atoms with E-state index in [1.807, 2.05) is 6.26 Å². The molecule has 3 atom stereocenters. The van der Waals surface area contributed by atoms with E-state index in [1.54, 1.807) is 7.11 Å². The fraction of sp³-hybridized carbons (Fsp3) is 0.524. The molecule has 128 valence electrons. The topological polar surface area (TPSA) is 25.6 Å². The summed E-state index contributed by atoms with van der Waals surface area (Å²) in [5, 5.41) is 1.20. The second-order valence-corrected chi connectivity index (χ2v) is 7.36. The largest absolute Gasteiger partial charge is 0.496 e. The highest BCUT2D eigenvalue weighted by Crippen LogP contribution is 2.36. The van der Waals surface area contributed by atoms with Gasteiger partial charge in [-0.25, -0.2) is 0 Å². The Hall–Kier alpha value is -1.74. The number of furan rings is 1. The molecule has 3 aliphatic rings. The van der Waals surface area contributed by atoms with Crippen LogP contribution in [-0.4, -0.2) is 31.1 Å². The molecule has 1 aromatic carbocycles. The molecule has 2 bridgehead atoms. The van der Waals surface area contributed by atoms with Gasteiger partial charge in [-0.15, -0.1) is 0 Å². The molecule has 3 heteroatoms. The summed E-state index contributed by atoms with van der Waals surface area (Å²) >= 11 is 0. The predicted molar refractivity (Wildman–Crippen MR) is 97.6 cm³/mol. The third-order valence-electron chi connectivity index (χ3n) is 5.92. The minimum Gasteiger partial charge on any atom is -0.496 e. The Morgan fingerprint density at radius 3 is 2.92 bits per heavy atom. The molecule has 1 saturated heterocycles. The minimum absolute atomic E-state index is 0.634. The maximum absolute atomic E-state index is 5.79. The SMILES string of the molecule is CCC1CC2C=CC1N(CCc1coc3cc(C)c(OC)cc13)C2. The number of fused-ring (bicyclic) bond motifs is 3. The van der Waals surface area contributed by atoms with Gasteiger partial charge >= 0.3 is 0 Å². The average Bonchev–Trinajstić information content (AvgIpc) is 3.01. The monoisotopic (exact) mass is 325 g/mol. The molecule has 1 fully saturated rings.